The molecule has 0 amide bonds. The zero-order chi connectivity index (χ0) is 29.1. The molecule has 0 fully saturated rings. The Hall–Kier alpha value is -4.05. The number of carboxylic acid groups (broad SMARTS) is 1. The van der Waals surface area contributed by atoms with E-state index in [2.05, 4.69) is 14.5 Å². The number of nitrogens with zero attached hydrogens (tertiary/aromatic N) is 4. The zero-order valence-corrected chi connectivity index (χ0v) is 23.6. The summed E-state index contributed by atoms with van der Waals surface area (Å²) in [7, 11) is 1.53. The molecule has 40 heavy (non-hydrogen) atoms. The molecule has 10 heteroatoms. The van der Waals surface area contributed by atoms with E-state index >= 15 is 8.78 Å². The van der Waals surface area contributed by atoms with Gasteiger partial charge in [-0.25, -0.2) is 23.5 Å². The second-order valence-electron chi connectivity index (χ2n) is 11.1. The van der Waals surface area contributed by atoms with Crippen LogP contribution in [0.5, 0.6) is 5.75 Å². The van der Waals surface area contributed by atoms with Crippen LogP contribution in [0, 0.1) is 32.4 Å². The van der Waals surface area contributed by atoms with Crippen molar-refractivity contribution in [3.05, 3.63) is 64.6 Å². The first kappa shape index (κ1) is 27.5. The highest BCUT2D eigenvalue weighted by Gasteiger charge is 2.38. The molecule has 1 aliphatic rings. The molecule has 1 atom stereocenters. The Bertz CT molecular complexity index is 1620. The van der Waals surface area contributed by atoms with Crippen molar-refractivity contribution in [2.75, 3.05) is 18.6 Å². The number of hydrogen-bond donors (Lipinski definition) is 1. The molecule has 4 aromatic rings. The summed E-state index contributed by atoms with van der Waals surface area (Å²) in [5.41, 5.74) is 2.39. The van der Waals surface area contributed by atoms with Gasteiger partial charge in [-0.3, -0.25) is 0 Å². The highest BCUT2D eigenvalue weighted by molar-refractivity contribution is 6.08. The minimum Gasteiger partial charge on any atom is -0.494 e. The molecule has 2 aromatic heterocycles. The monoisotopic (exact) mass is 550 g/mol. The summed E-state index contributed by atoms with van der Waals surface area (Å²) >= 11 is 0. The molecule has 210 valence electrons. The molecule has 0 spiro atoms. The fraction of sp³-hybridized carbons (Fsp3) is 0.367. The Morgan fingerprint density at radius 2 is 1.65 bits per heavy atom. The van der Waals surface area contributed by atoms with Crippen molar-refractivity contribution < 1.29 is 28.2 Å². The van der Waals surface area contributed by atoms with Crippen LogP contribution < -0.4 is 9.64 Å². The summed E-state index contributed by atoms with van der Waals surface area (Å²) in [6.45, 7) is 11.6. The maximum Gasteiger partial charge on any atom is 0.337 e. The average Bonchev–Trinajstić information content (AvgIpc) is 3.21. The van der Waals surface area contributed by atoms with Crippen LogP contribution in [-0.4, -0.2) is 44.9 Å². The van der Waals surface area contributed by atoms with E-state index in [-0.39, 0.29) is 16.7 Å². The molecular weight excluding hydrogens is 518 g/mol. The van der Waals surface area contributed by atoms with E-state index in [4.69, 9.17) is 9.47 Å². The molecule has 0 unspecified atom stereocenters. The van der Waals surface area contributed by atoms with Gasteiger partial charge in [0.05, 0.1) is 41.9 Å². The summed E-state index contributed by atoms with van der Waals surface area (Å²) in [4.78, 5) is 23.7. The van der Waals surface area contributed by atoms with Crippen LogP contribution >= 0.6 is 0 Å². The predicted molar refractivity (Wildman–Crippen MR) is 148 cm³/mol. The molecule has 0 saturated carbocycles. The van der Waals surface area contributed by atoms with Crippen molar-refractivity contribution >= 4 is 28.5 Å². The lowest BCUT2D eigenvalue weighted by atomic mass is 9.86. The van der Waals surface area contributed by atoms with E-state index in [0.29, 0.717) is 47.0 Å². The number of benzene rings is 2. The molecule has 5 rings (SSSR count). The quantitative estimate of drug-likeness (QED) is 0.297. The van der Waals surface area contributed by atoms with Gasteiger partial charge in [-0.15, -0.1) is 0 Å². The fourth-order valence-corrected chi connectivity index (χ4v) is 5.57. The minimum atomic E-state index is -1.51. The number of hydrogen-bond acceptors (Lipinski definition) is 6. The van der Waals surface area contributed by atoms with Gasteiger partial charge < -0.3 is 24.0 Å². The fourth-order valence-electron chi connectivity index (χ4n) is 5.57. The van der Waals surface area contributed by atoms with Crippen molar-refractivity contribution in [3.63, 3.8) is 0 Å². The summed E-state index contributed by atoms with van der Waals surface area (Å²) in [5.74, 6) is -1.93. The molecule has 0 bridgehead atoms. The van der Waals surface area contributed by atoms with Crippen molar-refractivity contribution in [1.29, 1.82) is 0 Å². The molecule has 8 nitrogen and oxygen atoms in total. The van der Waals surface area contributed by atoms with Crippen LogP contribution in [0.15, 0.2) is 30.6 Å². The van der Waals surface area contributed by atoms with Crippen molar-refractivity contribution in [2.45, 2.75) is 59.8 Å². The first-order valence-electron chi connectivity index (χ1n) is 13.0. The Morgan fingerprint density at radius 1 is 1.02 bits per heavy atom. The number of anilines is 2. The lowest BCUT2D eigenvalue weighted by Crippen LogP contribution is -2.32. The smallest absolute Gasteiger partial charge is 0.337 e. The molecular formula is C30H32F2N4O4. The highest BCUT2D eigenvalue weighted by Crippen LogP contribution is 2.50. The lowest BCUT2D eigenvalue weighted by molar-refractivity contribution is -0.160. The maximum absolute atomic E-state index is 15.7. The second-order valence-corrected chi connectivity index (χ2v) is 11.1. The van der Waals surface area contributed by atoms with Gasteiger partial charge >= 0.3 is 5.97 Å². The molecule has 3 heterocycles. The van der Waals surface area contributed by atoms with Gasteiger partial charge in [0, 0.05) is 35.3 Å². The van der Waals surface area contributed by atoms with Gasteiger partial charge in [0.25, 0.3) is 0 Å². The van der Waals surface area contributed by atoms with Crippen LogP contribution in [0.3, 0.4) is 0 Å². The van der Waals surface area contributed by atoms with Crippen LogP contribution in [0.2, 0.25) is 0 Å². The van der Waals surface area contributed by atoms with Crippen LogP contribution in [-0.2, 0) is 16.1 Å². The van der Waals surface area contributed by atoms with E-state index in [0.717, 1.165) is 11.2 Å². The Labute approximate surface area is 231 Å². The highest BCUT2D eigenvalue weighted by atomic mass is 19.1. The first-order chi connectivity index (χ1) is 18.8. The number of rotatable bonds is 6. The Balaban J connectivity index is 1.94. The van der Waals surface area contributed by atoms with Gasteiger partial charge in [-0.1, -0.05) is 0 Å². The summed E-state index contributed by atoms with van der Waals surface area (Å²) < 4.78 is 44.7. The Kier molecular flexibility index (Phi) is 6.78. The largest absolute Gasteiger partial charge is 0.494 e. The predicted octanol–water partition coefficient (Wildman–Crippen LogP) is 6.40. The number of aromatic nitrogens is 3. The van der Waals surface area contributed by atoms with Gasteiger partial charge in [-0.05, 0) is 70.9 Å². The molecule has 0 saturated heterocycles. The summed E-state index contributed by atoms with van der Waals surface area (Å²) in [6, 6.07) is 4.36. The third-order valence-electron chi connectivity index (χ3n) is 7.13. The average molecular weight is 551 g/mol. The normalized spacial score (nSPS) is 14.1. The van der Waals surface area contributed by atoms with E-state index in [1.807, 2.05) is 17.9 Å². The number of ether oxygens (including phenoxy) is 2. The van der Waals surface area contributed by atoms with Gasteiger partial charge in [0.1, 0.15) is 11.6 Å². The topological polar surface area (TPSA) is 89.7 Å². The standard InChI is InChI=1S/C30H32F2N4O4/c1-15-10-20(31)24(21(32)11-15)23-19-12-16(2)35-8-9-36(29-33-13-18(39-7)14-34-29)25(26(19)35)17(3)22(23)27(28(37)38)40-30(4,5)6/h10-14,27H,8-9H2,1-7H3,(H,37,38)/t27-/m0/s1. The van der Waals surface area contributed by atoms with Crippen molar-refractivity contribution in [3.8, 4) is 16.9 Å². The minimum absolute atomic E-state index is 0.169. The van der Waals surface area contributed by atoms with E-state index in [9.17, 15) is 9.90 Å². The zero-order valence-electron chi connectivity index (χ0n) is 23.6. The van der Waals surface area contributed by atoms with E-state index in [1.54, 1.807) is 47.0 Å². The van der Waals surface area contributed by atoms with Crippen LogP contribution in [0.1, 0.15) is 49.3 Å². The van der Waals surface area contributed by atoms with Gasteiger partial charge in [0.15, 0.2) is 11.9 Å². The van der Waals surface area contributed by atoms with E-state index in [1.165, 1.54) is 19.2 Å². The second kappa shape index (κ2) is 9.85. The third-order valence-corrected chi connectivity index (χ3v) is 7.13. The van der Waals surface area contributed by atoms with Crippen molar-refractivity contribution in [1.82, 2.24) is 14.5 Å². The molecule has 2 aromatic carbocycles. The van der Waals surface area contributed by atoms with Gasteiger partial charge in [0.2, 0.25) is 5.95 Å². The van der Waals surface area contributed by atoms with Gasteiger partial charge in [-0.2, -0.15) is 0 Å². The van der Waals surface area contributed by atoms with E-state index < -0.39 is 29.3 Å². The van der Waals surface area contributed by atoms with Crippen molar-refractivity contribution in [2.24, 2.45) is 0 Å². The number of halogens is 2. The number of carbonyl (C=O) groups is 1. The number of aliphatic carboxylic acids is 1. The molecule has 0 radical (unpaired) electrons. The van der Waals surface area contributed by atoms with Crippen LogP contribution in [0.4, 0.5) is 20.4 Å². The molecule has 1 N–H and O–H groups in total. The number of methoxy groups -OCH3 is 1. The molecule has 1 aliphatic heterocycles. The summed E-state index contributed by atoms with van der Waals surface area (Å²) in [5, 5.41) is 11.0. The SMILES string of the molecule is COc1cnc(N2CCn3c(C)cc4c(-c5c(F)cc(C)cc5F)c([C@H](OC(C)(C)C)C(=O)O)c(C)c2c43)nc1. The lowest BCUT2D eigenvalue weighted by Gasteiger charge is -2.35. The van der Waals surface area contributed by atoms with Crippen LogP contribution in [0.25, 0.3) is 22.0 Å². The Morgan fingerprint density at radius 3 is 2.20 bits per heavy atom. The first-order valence-corrected chi connectivity index (χ1v) is 13.0. The summed E-state index contributed by atoms with van der Waals surface area (Å²) in [6.07, 6.45) is 1.60. The number of aryl methyl sites for hydroxylation is 2. The number of carboxylic acids is 1. The maximum atomic E-state index is 15.7. The molecule has 0 aliphatic carbocycles. The third kappa shape index (κ3) is 4.56.